The molecular formula is C21H27ClN6O3. The SMILES string of the molecule is CC(C)(C)C(NC(=O)c1nn(CCCCC#N)c2ccc(Cl)cc12)C(=O)NCC(N)=O. The first-order valence-corrected chi connectivity index (χ1v) is 10.3. The third-order valence-corrected chi connectivity index (χ3v) is 4.91. The van der Waals surface area contributed by atoms with Crippen LogP contribution >= 0.6 is 11.6 Å². The molecule has 3 amide bonds. The number of aromatic nitrogens is 2. The molecular weight excluding hydrogens is 420 g/mol. The highest BCUT2D eigenvalue weighted by atomic mass is 35.5. The number of hydrogen-bond acceptors (Lipinski definition) is 5. The topological polar surface area (TPSA) is 143 Å². The van der Waals surface area contributed by atoms with Crippen LogP contribution < -0.4 is 16.4 Å². The van der Waals surface area contributed by atoms with Gasteiger partial charge in [0.05, 0.1) is 18.1 Å². The number of amides is 3. The van der Waals surface area contributed by atoms with Crippen LogP contribution in [0.5, 0.6) is 0 Å². The van der Waals surface area contributed by atoms with Gasteiger partial charge in [0.25, 0.3) is 5.91 Å². The number of rotatable bonds is 9. The maximum absolute atomic E-state index is 13.1. The summed E-state index contributed by atoms with van der Waals surface area (Å²) < 4.78 is 1.71. The number of benzene rings is 1. The number of fused-ring (bicyclic) bond motifs is 1. The van der Waals surface area contributed by atoms with Gasteiger partial charge in [0, 0.05) is 23.4 Å². The highest BCUT2D eigenvalue weighted by Crippen LogP contribution is 2.25. The van der Waals surface area contributed by atoms with E-state index in [2.05, 4.69) is 21.8 Å². The predicted molar refractivity (Wildman–Crippen MR) is 117 cm³/mol. The Morgan fingerprint density at radius 1 is 1.29 bits per heavy atom. The van der Waals surface area contributed by atoms with E-state index in [1.807, 2.05) is 0 Å². The van der Waals surface area contributed by atoms with E-state index in [1.165, 1.54) is 0 Å². The zero-order valence-electron chi connectivity index (χ0n) is 17.9. The Balaban J connectivity index is 2.32. The average molecular weight is 447 g/mol. The Bertz CT molecular complexity index is 1020. The summed E-state index contributed by atoms with van der Waals surface area (Å²) in [6.45, 7) is 5.60. The van der Waals surface area contributed by atoms with Gasteiger partial charge in [-0.2, -0.15) is 10.4 Å². The summed E-state index contributed by atoms with van der Waals surface area (Å²) in [5, 5.41) is 19.4. The first-order valence-electron chi connectivity index (χ1n) is 9.94. The van der Waals surface area contributed by atoms with E-state index in [4.69, 9.17) is 22.6 Å². The highest BCUT2D eigenvalue weighted by molar-refractivity contribution is 6.31. The van der Waals surface area contributed by atoms with Crippen LogP contribution in [-0.2, 0) is 16.1 Å². The first-order chi connectivity index (χ1) is 14.5. The Kier molecular flexibility index (Phi) is 8.00. The maximum atomic E-state index is 13.1. The molecule has 0 aliphatic rings. The standard InChI is InChI=1S/C21H27ClN6O3/c1-21(2,3)18(20(31)25-12-16(24)29)26-19(30)17-14-11-13(22)7-8-15(14)28(27-17)10-6-4-5-9-23/h7-8,11,18H,4-6,10,12H2,1-3H3,(H2,24,29)(H,25,31)(H,26,30). The minimum Gasteiger partial charge on any atom is -0.368 e. The number of carbonyl (C=O) groups excluding carboxylic acids is 3. The van der Waals surface area contributed by atoms with Gasteiger partial charge in [0.2, 0.25) is 11.8 Å². The van der Waals surface area contributed by atoms with Crippen molar-refractivity contribution in [3.05, 3.63) is 28.9 Å². The van der Waals surface area contributed by atoms with E-state index in [9.17, 15) is 14.4 Å². The van der Waals surface area contributed by atoms with Gasteiger partial charge in [-0.15, -0.1) is 0 Å². The van der Waals surface area contributed by atoms with E-state index in [0.717, 1.165) is 18.4 Å². The molecule has 31 heavy (non-hydrogen) atoms. The molecule has 0 saturated carbocycles. The fourth-order valence-electron chi connectivity index (χ4n) is 3.11. The molecule has 0 bridgehead atoms. The number of primary amides is 1. The van der Waals surface area contributed by atoms with Crippen molar-refractivity contribution in [3.8, 4) is 6.07 Å². The second-order valence-corrected chi connectivity index (χ2v) is 8.74. The quantitative estimate of drug-likeness (QED) is 0.505. The van der Waals surface area contributed by atoms with Crippen LogP contribution in [0.4, 0.5) is 0 Å². The Labute approximate surface area is 185 Å². The summed E-state index contributed by atoms with van der Waals surface area (Å²) in [6, 6.07) is 6.34. The number of nitrogens with zero attached hydrogens (tertiary/aromatic N) is 3. The van der Waals surface area contributed by atoms with Crippen LogP contribution in [0.1, 0.15) is 50.5 Å². The van der Waals surface area contributed by atoms with Crippen molar-refractivity contribution >= 4 is 40.2 Å². The number of nitrogens with two attached hydrogens (primary N) is 1. The van der Waals surface area contributed by atoms with Crippen molar-refractivity contribution in [2.75, 3.05) is 6.54 Å². The summed E-state index contributed by atoms with van der Waals surface area (Å²) >= 11 is 6.14. The smallest absolute Gasteiger partial charge is 0.273 e. The summed E-state index contributed by atoms with van der Waals surface area (Å²) in [4.78, 5) is 36.7. The van der Waals surface area contributed by atoms with Gasteiger partial charge in [0.15, 0.2) is 5.69 Å². The van der Waals surface area contributed by atoms with Crippen molar-refractivity contribution in [2.45, 2.75) is 52.6 Å². The van der Waals surface area contributed by atoms with E-state index in [-0.39, 0.29) is 12.2 Å². The number of unbranched alkanes of at least 4 members (excludes halogenated alkanes) is 2. The lowest BCUT2D eigenvalue weighted by Crippen LogP contribution is -2.54. The molecule has 0 radical (unpaired) electrons. The van der Waals surface area contributed by atoms with Crippen LogP contribution in [0.25, 0.3) is 10.9 Å². The Hall–Kier alpha value is -3.12. The number of hydrogen-bond donors (Lipinski definition) is 3. The summed E-state index contributed by atoms with van der Waals surface area (Å²) in [5.74, 6) is -1.72. The maximum Gasteiger partial charge on any atom is 0.273 e. The van der Waals surface area contributed by atoms with Gasteiger partial charge in [-0.05, 0) is 36.5 Å². The molecule has 2 rings (SSSR count). The molecule has 0 spiro atoms. The second kappa shape index (κ2) is 10.3. The van der Waals surface area contributed by atoms with E-state index >= 15 is 0 Å². The summed E-state index contributed by atoms with van der Waals surface area (Å²) in [6.07, 6.45) is 1.90. The molecule has 166 valence electrons. The van der Waals surface area contributed by atoms with Crippen LogP contribution in [0.2, 0.25) is 5.02 Å². The van der Waals surface area contributed by atoms with E-state index < -0.39 is 29.2 Å². The van der Waals surface area contributed by atoms with Crippen molar-refractivity contribution < 1.29 is 14.4 Å². The normalized spacial score (nSPS) is 12.2. The van der Waals surface area contributed by atoms with E-state index in [1.54, 1.807) is 43.7 Å². The fourth-order valence-corrected chi connectivity index (χ4v) is 3.28. The number of carbonyl (C=O) groups is 3. The van der Waals surface area contributed by atoms with Gasteiger partial charge in [-0.3, -0.25) is 19.1 Å². The molecule has 9 nitrogen and oxygen atoms in total. The second-order valence-electron chi connectivity index (χ2n) is 8.31. The molecule has 10 heteroatoms. The van der Waals surface area contributed by atoms with Crippen LogP contribution in [0.3, 0.4) is 0 Å². The van der Waals surface area contributed by atoms with Crippen molar-refractivity contribution in [1.82, 2.24) is 20.4 Å². The van der Waals surface area contributed by atoms with Crippen molar-refractivity contribution in [3.63, 3.8) is 0 Å². The molecule has 0 aliphatic carbocycles. The lowest BCUT2D eigenvalue weighted by molar-refractivity contribution is -0.128. The minimum absolute atomic E-state index is 0.148. The molecule has 1 unspecified atom stereocenters. The number of aryl methyl sites for hydroxylation is 1. The Morgan fingerprint density at radius 3 is 2.61 bits per heavy atom. The average Bonchev–Trinajstić information content (AvgIpc) is 3.04. The number of nitriles is 1. The lowest BCUT2D eigenvalue weighted by Gasteiger charge is -2.30. The van der Waals surface area contributed by atoms with Crippen LogP contribution in [0.15, 0.2) is 18.2 Å². The van der Waals surface area contributed by atoms with Crippen molar-refractivity contribution in [2.24, 2.45) is 11.1 Å². The Morgan fingerprint density at radius 2 is 2.00 bits per heavy atom. The zero-order valence-corrected chi connectivity index (χ0v) is 18.6. The molecule has 1 aromatic carbocycles. The molecule has 1 aromatic heterocycles. The fraction of sp³-hybridized carbons (Fsp3) is 0.476. The highest BCUT2D eigenvalue weighted by Gasteiger charge is 2.34. The van der Waals surface area contributed by atoms with Crippen LogP contribution in [0, 0.1) is 16.7 Å². The largest absolute Gasteiger partial charge is 0.368 e. The third-order valence-electron chi connectivity index (χ3n) is 4.68. The molecule has 1 atom stereocenters. The van der Waals surface area contributed by atoms with Gasteiger partial charge >= 0.3 is 0 Å². The number of halogens is 1. The number of nitrogens with one attached hydrogen (secondary N) is 2. The summed E-state index contributed by atoms with van der Waals surface area (Å²) in [7, 11) is 0. The predicted octanol–water partition coefficient (Wildman–Crippen LogP) is 2.13. The third kappa shape index (κ3) is 6.43. The van der Waals surface area contributed by atoms with Gasteiger partial charge in [0.1, 0.15) is 6.04 Å². The van der Waals surface area contributed by atoms with Gasteiger partial charge < -0.3 is 16.4 Å². The summed E-state index contributed by atoms with van der Waals surface area (Å²) in [5.41, 5.74) is 5.34. The molecule has 0 aliphatic heterocycles. The molecule has 2 aromatic rings. The van der Waals surface area contributed by atoms with Crippen molar-refractivity contribution in [1.29, 1.82) is 5.26 Å². The molecule has 0 saturated heterocycles. The zero-order chi connectivity index (χ0) is 23.2. The monoisotopic (exact) mass is 446 g/mol. The molecule has 4 N–H and O–H groups in total. The lowest BCUT2D eigenvalue weighted by atomic mass is 9.86. The molecule has 1 heterocycles. The first kappa shape index (κ1) is 24.2. The van der Waals surface area contributed by atoms with E-state index in [0.29, 0.717) is 23.4 Å². The minimum atomic E-state index is -0.922. The van der Waals surface area contributed by atoms with Gasteiger partial charge in [-0.25, -0.2) is 0 Å². The van der Waals surface area contributed by atoms with Crippen LogP contribution in [-0.4, -0.2) is 40.1 Å². The van der Waals surface area contributed by atoms with Gasteiger partial charge in [-0.1, -0.05) is 32.4 Å². The molecule has 0 fully saturated rings.